The van der Waals surface area contributed by atoms with E-state index in [1.54, 1.807) is 0 Å². The van der Waals surface area contributed by atoms with E-state index < -0.39 is 0 Å². The Morgan fingerprint density at radius 1 is 0.696 bits per heavy atom. The van der Waals surface area contributed by atoms with Gasteiger partial charge in [0.05, 0.1) is 38.3 Å². The number of rotatable bonds is 2. The molecule has 4 fully saturated rings. The molecule has 0 radical (unpaired) electrons. The van der Waals surface area contributed by atoms with E-state index in [9.17, 15) is 9.59 Å². The van der Waals surface area contributed by atoms with E-state index in [1.165, 1.54) is 0 Å². The molecule has 0 aromatic carbocycles. The zero-order chi connectivity index (χ0) is 15.8. The number of carbonyl (C=O) groups is 2. The Bertz CT molecular complexity index is 429. The number of carbonyl (C=O) groups excluding carboxylic acids is 2. The molecule has 6 nitrogen and oxygen atoms in total. The molecule has 0 N–H and O–H groups in total. The normalized spacial score (nSPS) is 37.2. The lowest BCUT2D eigenvalue weighted by Gasteiger charge is -2.38. The summed E-state index contributed by atoms with van der Waals surface area (Å²) in [6, 6.07) is 0. The first kappa shape index (κ1) is 15.4. The van der Waals surface area contributed by atoms with Crippen LogP contribution < -0.4 is 0 Å². The highest BCUT2D eigenvalue weighted by Gasteiger charge is 2.55. The number of amides is 2. The van der Waals surface area contributed by atoms with Gasteiger partial charge in [0.2, 0.25) is 11.8 Å². The summed E-state index contributed by atoms with van der Waals surface area (Å²) in [5.74, 6) is 1.03. The molecule has 4 rings (SSSR count). The standard InChI is InChI=1S/C17H26N2O4/c20-16(18-3-7-22-8-4-18)14-12-1-2-13(11-12)15(14)17(21)19-5-9-23-10-6-19/h12-15H,1-11H2. The van der Waals surface area contributed by atoms with Crippen LogP contribution >= 0.6 is 0 Å². The molecule has 2 saturated heterocycles. The fourth-order valence-electron chi connectivity index (χ4n) is 4.99. The molecule has 2 aliphatic heterocycles. The van der Waals surface area contributed by atoms with E-state index in [1.807, 2.05) is 9.80 Å². The van der Waals surface area contributed by atoms with Crippen molar-refractivity contribution in [1.82, 2.24) is 9.80 Å². The van der Waals surface area contributed by atoms with Gasteiger partial charge >= 0.3 is 0 Å². The van der Waals surface area contributed by atoms with Gasteiger partial charge in [-0.25, -0.2) is 0 Å². The van der Waals surface area contributed by atoms with E-state index >= 15 is 0 Å². The van der Waals surface area contributed by atoms with Crippen LogP contribution in [0.25, 0.3) is 0 Å². The van der Waals surface area contributed by atoms with Crippen LogP contribution in [0, 0.1) is 23.7 Å². The molecule has 2 aliphatic carbocycles. The van der Waals surface area contributed by atoms with Crippen LogP contribution in [-0.2, 0) is 19.1 Å². The first-order valence-electron chi connectivity index (χ1n) is 8.99. The number of hydrogen-bond donors (Lipinski definition) is 0. The molecule has 0 aromatic rings. The van der Waals surface area contributed by atoms with Crippen LogP contribution in [-0.4, -0.2) is 74.2 Å². The van der Waals surface area contributed by atoms with Crippen LogP contribution in [0.15, 0.2) is 0 Å². The molecule has 0 aromatic heterocycles. The van der Waals surface area contributed by atoms with Crippen molar-refractivity contribution >= 4 is 11.8 Å². The van der Waals surface area contributed by atoms with Crippen molar-refractivity contribution in [1.29, 1.82) is 0 Å². The maximum absolute atomic E-state index is 13.1. The number of fused-ring (bicyclic) bond motifs is 2. The third kappa shape index (κ3) is 2.76. The summed E-state index contributed by atoms with van der Waals surface area (Å²) >= 11 is 0. The fraction of sp³-hybridized carbons (Fsp3) is 0.882. The molecule has 4 atom stereocenters. The summed E-state index contributed by atoms with van der Waals surface area (Å²) in [6.07, 6.45) is 3.28. The number of nitrogens with zero attached hydrogens (tertiary/aromatic N) is 2. The molecule has 2 amide bonds. The maximum atomic E-state index is 13.1. The van der Waals surface area contributed by atoms with Gasteiger partial charge in [0.25, 0.3) is 0 Å². The van der Waals surface area contributed by atoms with E-state index in [0.717, 1.165) is 19.3 Å². The predicted octanol–water partition coefficient (Wildman–Crippen LogP) is 0.366. The molecule has 2 bridgehead atoms. The van der Waals surface area contributed by atoms with Gasteiger partial charge in [0.15, 0.2) is 0 Å². The Morgan fingerprint density at radius 2 is 1.09 bits per heavy atom. The lowest BCUT2D eigenvalue weighted by molar-refractivity contribution is -0.153. The average Bonchev–Trinajstić information content (AvgIpc) is 3.23. The third-order valence-electron chi connectivity index (χ3n) is 6.13. The van der Waals surface area contributed by atoms with Crippen molar-refractivity contribution < 1.29 is 19.1 Å². The van der Waals surface area contributed by atoms with Crippen molar-refractivity contribution in [2.75, 3.05) is 52.6 Å². The third-order valence-corrected chi connectivity index (χ3v) is 6.13. The van der Waals surface area contributed by atoms with E-state index in [2.05, 4.69) is 0 Å². The van der Waals surface area contributed by atoms with Gasteiger partial charge in [-0.05, 0) is 31.1 Å². The maximum Gasteiger partial charge on any atom is 0.226 e. The highest BCUT2D eigenvalue weighted by atomic mass is 16.5. The topological polar surface area (TPSA) is 59.1 Å². The minimum Gasteiger partial charge on any atom is -0.378 e. The van der Waals surface area contributed by atoms with Gasteiger partial charge in [0.1, 0.15) is 0 Å². The fourth-order valence-corrected chi connectivity index (χ4v) is 4.99. The molecule has 2 saturated carbocycles. The second kappa shape index (κ2) is 6.40. The van der Waals surface area contributed by atoms with Crippen molar-refractivity contribution in [3.05, 3.63) is 0 Å². The zero-order valence-corrected chi connectivity index (χ0v) is 13.6. The van der Waals surface area contributed by atoms with Gasteiger partial charge in [-0.3, -0.25) is 9.59 Å². The summed E-state index contributed by atoms with van der Waals surface area (Å²) < 4.78 is 10.7. The highest BCUT2D eigenvalue weighted by molar-refractivity contribution is 5.89. The summed E-state index contributed by atoms with van der Waals surface area (Å²) in [6.45, 7) is 5.17. The van der Waals surface area contributed by atoms with Crippen molar-refractivity contribution in [3.8, 4) is 0 Å². The molecule has 6 heteroatoms. The Hall–Kier alpha value is -1.14. The molecular weight excluding hydrogens is 296 g/mol. The van der Waals surface area contributed by atoms with Gasteiger partial charge in [0, 0.05) is 26.2 Å². The lowest BCUT2D eigenvalue weighted by Crippen LogP contribution is -2.51. The van der Waals surface area contributed by atoms with Crippen molar-refractivity contribution in [2.45, 2.75) is 19.3 Å². The smallest absolute Gasteiger partial charge is 0.226 e. The van der Waals surface area contributed by atoms with Crippen LogP contribution in [0.4, 0.5) is 0 Å². The first-order chi connectivity index (χ1) is 11.3. The lowest BCUT2D eigenvalue weighted by atomic mass is 9.77. The summed E-state index contributed by atoms with van der Waals surface area (Å²) in [5, 5.41) is 0. The monoisotopic (exact) mass is 322 g/mol. The number of hydrogen-bond acceptors (Lipinski definition) is 4. The second-order valence-corrected chi connectivity index (χ2v) is 7.26. The molecular formula is C17H26N2O4. The molecule has 4 aliphatic rings. The SMILES string of the molecule is O=C(C1C2CCC(C2)C1C(=O)N1CCOCC1)N1CCOCC1. The summed E-state index contributed by atoms with van der Waals surface area (Å²) in [4.78, 5) is 30.0. The predicted molar refractivity (Wildman–Crippen MR) is 82.6 cm³/mol. The van der Waals surface area contributed by atoms with Crippen LogP contribution in [0.5, 0.6) is 0 Å². The average molecular weight is 322 g/mol. The molecule has 23 heavy (non-hydrogen) atoms. The number of ether oxygens (including phenoxy) is 2. The van der Waals surface area contributed by atoms with Crippen molar-refractivity contribution in [2.24, 2.45) is 23.7 Å². The van der Waals surface area contributed by atoms with Crippen LogP contribution in [0.2, 0.25) is 0 Å². The quantitative estimate of drug-likeness (QED) is 0.737. The minimum atomic E-state index is -0.0952. The molecule has 4 unspecified atom stereocenters. The Labute approximate surface area is 137 Å². The van der Waals surface area contributed by atoms with E-state index in [-0.39, 0.29) is 23.7 Å². The van der Waals surface area contributed by atoms with E-state index in [0.29, 0.717) is 64.4 Å². The highest BCUT2D eigenvalue weighted by Crippen LogP contribution is 2.53. The van der Waals surface area contributed by atoms with Gasteiger partial charge < -0.3 is 19.3 Å². The van der Waals surface area contributed by atoms with Crippen molar-refractivity contribution in [3.63, 3.8) is 0 Å². The number of morpholine rings is 2. The van der Waals surface area contributed by atoms with Gasteiger partial charge in [-0.15, -0.1) is 0 Å². The first-order valence-corrected chi connectivity index (χ1v) is 8.99. The Kier molecular flexibility index (Phi) is 4.28. The van der Waals surface area contributed by atoms with Crippen LogP contribution in [0.1, 0.15) is 19.3 Å². The second-order valence-electron chi connectivity index (χ2n) is 7.26. The molecule has 2 heterocycles. The van der Waals surface area contributed by atoms with Crippen LogP contribution in [0.3, 0.4) is 0 Å². The molecule has 0 spiro atoms. The Morgan fingerprint density at radius 3 is 1.48 bits per heavy atom. The molecule has 128 valence electrons. The van der Waals surface area contributed by atoms with Gasteiger partial charge in [-0.1, -0.05) is 0 Å². The summed E-state index contributed by atoms with van der Waals surface area (Å²) in [7, 11) is 0. The zero-order valence-electron chi connectivity index (χ0n) is 13.6. The minimum absolute atomic E-state index is 0.0952. The summed E-state index contributed by atoms with van der Waals surface area (Å²) in [5.41, 5.74) is 0. The van der Waals surface area contributed by atoms with E-state index in [4.69, 9.17) is 9.47 Å². The van der Waals surface area contributed by atoms with Gasteiger partial charge in [-0.2, -0.15) is 0 Å². The largest absolute Gasteiger partial charge is 0.378 e. The Balaban J connectivity index is 1.51.